The molecule has 1 aromatic heterocycles. The van der Waals surface area contributed by atoms with Gasteiger partial charge >= 0.3 is 0 Å². The molecule has 5 rings (SSSR count). The second kappa shape index (κ2) is 14.0. The molecule has 10 atom stereocenters. The van der Waals surface area contributed by atoms with Gasteiger partial charge in [-0.25, -0.2) is 4.98 Å². The molecule has 2 aromatic rings. The van der Waals surface area contributed by atoms with Crippen LogP contribution >= 0.6 is 11.6 Å². The number of halogens is 1. The van der Waals surface area contributed by atoms with Crippen LogP contribution in [0, 0.1) is 0 Å². The van der Waals surface area contributed by atoms with Crippen LogP contribution in [0.25, 0.3) is 6.08 Å². The van der Waals surface area contributed by atoms with E-state index in [0.29, 0.717) is 16.9 Å². The first kappa shape index (κ1) is 33.1. The highest BCUT2D eigenvalue weighted by atomic mass is 35.5. The minimum atomic E-state index is -1.50. The van der Waals surface area contributed by atoms with Crippen molar-refractivity contribution in [3.63, 3.8) is 0 Å². The summed E-state index contributed by atoms with van der Waals surface area (Å²) in [5.41, 5.74) is 1.14. The van der Waals surface area contributed by atoms with Crippen molar-refractivity contribution >= 4 is 23.6 Å². The van der Waals surface area contributed by atoms with Gasteiger partial charge in [0, 0.05) is 11.8 Å². The van der Waals surface area contributed by atoms with E-state index in [4.69, 9.17) is 35.3 Å². The Bertz CT molecular complexity index is 1440. The number of carbonyl (C=O) groups is 1. The largest absolute Gasteiger partial charge is 0.504 e. The van der Waals surface area contributed by atoms with Crippen molar-refractivity contribution in [1.82, 2.24) is 10.3 Å². The van der Waals surface area contributed by atoms with Crippen molar-refractivity contribution in [2.45, 2.75) is 75.0 Å². The van der Waals surface area contributed by atoms with Gasteiger partial charge in [0.1, 0.15) is 62.2 Å². The molecule has 14 nitrogen and oxygen atoms in total. The lowest BCUT2D eigenvalue weighted by Gasteiger charge is -2.41. The smallest absolute Gasteiger partial charge is 0.247 e. The third-order valence-electron chi connectivity index (χ3n) is 7.91. The molecule has 0 spiro atoms. The zero-order valence-electron chi connectivity index (χ0n) is 24.3. The molecule has 3 heterocycles. The molecule has 3 fully saturated rings. The summed E-state index contributed by atoms with van der Waals surface area (Å²) in [4.78, 5) is 16.8. The van der Waals surface area contributed by atoms with E-state index < -0.39 is 67.1 Å². The van der Waals surface area contributed by atoms with Crippen molar-refractivity contribution in [2.24, 2.45) is 0 Å². The van der Waals surface area contributed by atoms with E-state index in [0.717, 1.165) is 0 Å². The quantitative estimate of drug-likeness (QED) is 0.109. The summed E-state index contributed by atoms with van der Waals surface area (Å²) in [7, 11) is 0. The van der Waals surface area contributed by atoms with Gasteiger partial charge in [0.2, 0.25) is 12.2 Å². The van der Waals surface area contributed by atoms with Crippen LogP contribution in [0.1, 0.15) is 19.4 Å². The van der Waals surface area contributed by atoms with E-state index in [1.807, 2.05) is 0 Å². The Morgan fingerprint density at radius 2 is 1.76 bits per heavy atom. The molecule has 0 bridgehead atoms. The number of rotatable bonds is 9. The van der Waals surface area contributed by atoms with Crippen molar-refractivity contribution in [1.29, 1.82) is 0 Å². The first-order chi connectivity index (χ1) is 21.5. The van der Waals surface area contributed by atoms with Gasteiger partial charge in [-0.1, -0.05) is 17.7 Å². The van der Waals surface area contributed by atoms with Crippen molar-refractivity contribution in [3.8, 4) is 17.2 Å². The lowest BCUT2D eigenvalue weighted by Crippen LogP contribution is -2.67. The molecule has 3 aliphatic rings. The molecule has 0 radical (unpaired) electrons. The molecular weight excluding hydrogens is 616 g/mol. The summed E-state index contributed by atoms with van der Waals surface area (Å²) in [6.07, 6.45) is -6.34. The summed E-state index contributed by atoms with van der Waals surface area (Å²) in [5.74, 6) is -0.623. The fourth-order valence-corrected chi connectivity index (χ4v) is 5.54. The molecule has 2 saturated heterocycles. The third-order valence-corrected chi connectivity index (χ3v) is 8.19. The number of aliphatic hydroxyl groups excluding tert-OH is 5. The topological polar surface area (TPSA) is 210 Å². The Morgan fingerprint density at radius 1 is 1.02 bits per heavy atom. The zero-order chi connectivity index (χ0) is 32.4. The number of aromatic hydroxyl groups is 1. The van der Waals surface area contributed by atoms with Crippen molar-refractivity contribution < 1.29 is 59.1 Å². The molecule has 2 aliphatic heterocycles. The number of hydrogen-bond acceptors (Lipinski definition) is 13. The number of nitrogens with zero attached hydrogens (tertiary/aromatic N) is 1. The first-order valence-corrected chi connectivity index (χ1v) is 14.5. The number of hydrogen-bond donors (Lipinski definition) is 7. The maximum absolute atomic E-state index is 12.9. The van der Waals surface area contributed by atoms with E-state index in [1.165, 1.54) is 37.4 Å². The van der Waals surface area contributed by atoms with Crippen LogP contribution in [0.2, 0.25) is 5.15 Å². The van der Waals surface area contributed by atoms with Crippen LogP contribution in [0.3, 0.4) is 0 Å². The lowest BCUT2D eigenvalue weighted by atomic mass is 9.83. The number of nitrogens with one attached hydrogen (secondary N) is 1. The van der Waals surface area contributed by atoms with Crippen LogP contribution in [0.5, 0.6) is 17.2 Å². The van der Waals surface area contributed by atoms with Gasteiger partial charge in [0.05, 0.1) is 6.04 Å². The van der Waals surface area contributed by atoms with Gasteiger partial charge in [-0.15, -0.1) is 0 Å². The van der Waals surface area contributed by atoms with E-state index in [9.17, 15) is 35.4 Å². The molecule has 15 heteroatoms. The SMILES string of the molecule is CC(=Cc1ccc(O[C@@H]2O[C@H](/C(C)=C\COc3cccnc3Cl)[C@@H](O)[C@@H]2O)c(O)c1)C(=O)N[C@@H]1[C@H](O)[C@@H](O)[C@H]2OCO[C@H]2[C@@H]1O. The van der Waals surface area contributed by atoms with Crippen molar-refractivity contribution in [2.75, 3.05) is 13.4 Å². The predicted octanol–water partition coefficient (Wildman–Crippen LogP) is 0.0173. The number of pyridine rings is 1. The number of aliphatic hydroxyl groups is 5. The first-order valence-electron chi connectivity index (χ1n) is 14.1. The number of phenols is 1. The summed E-state index contributed by atoms with van der Waals surface area (Å²) >= 11 is 5.99. The third kappa shape index (κ3) is 7.09. The van der Waals surface area contributed by atoms with Crippen LogP contribution in [-0.4, -0.2) is 116 Å². The van der Waals surface area contributed by atoms with Crippen LogP contribution in [-0.2, 0) is 19.0 Å². The maximum Gasteiger partial charge on any atom is 0.247 e. The summed E-state index contributed by atoms with van der Waals surface area (Å²) in [5, 5.41) is 65.8. The van der Waals surface area contributed by atoms with E-state index in [-0.39, 0.29) is 35.6 Å². The summed E-state index contributed by atoms with van der Waals surface area (Å²) in [6.45, 7) is 3.14. The molecule has 7 N–H and O–H groups in total. The molecule has 1 aliphatic carbocycles. The fourth-order valence-electron chi connectivity index (χ4n) is 5.36. The molecule has 1 amide bonds. The van der Waals surface area contributed by atoms with Gasteiger partial charge in [0.15, 0.2) is 22.4 Å². The van der Waals surface area contributed by atoms with E-state index in [2.05, 4.69) is 10.3 Å². The Morgan fingerprint density at radius 3 is 2.47 bits per heavy atom. The van der Waals surface area contributed by atoms with Gasteiger partial charge in [-0.05, 0) is 61.4 Å². The predicted molar refractivity (Wildman–Crippen MR) is 156 cm³/mol. The Kier molecular flexibility index (Phi) is 10.3. The Balaban J connectivity index is 1.18. The van der Waals surface area contributed by atoms with Crippen LogP contribution < -0.4 is 14.8 Å². The Hall–Kier alpha value is -3.31. The lowest BCUT2D eigenvalue weighted by molar-refractivity contribution is -0.155. The highest BCUT2D eigenvalue weighted by Crippen LogP contribution is 2.34. The zero-order valence-corrected chi connectivity index (χ0v) is 25.0. The molecule has 1 aromatic carbocycles. The number of carbonyl (C=O) groups excluding carboxylic acids is 1. The number of fused-ring (bicyclic) bond motifs is 1. The minimum absolute atomic E-state index is 0.0434. The second-order valence-corrected chi connectivity index (χ2v) is 11.3. The van der Waals surface area contributed by atoms with E-state index >= 15 is 0 Å². The van der Waals surface area contributed by atoms with Gasteiger partial charge in [0.25, 0.3) is 0 Å². The molecule has 0 unspecified atom stereocenters. The minimum Gasteiger partial charge on any atom is -0.504 e. The van der Waals surface area contributed by atoms with Gasteiger partial charge in [-0.3, -0.25) is 4.79 Å². The van der Waals surface area contributed by atoms with Crippen molar-refractivity contribution in [3.05, 3.63) is 64.5 Å². The summed E-state index contributed by atoms with van der Waals surface area (Å²) < 4.78 is 27.5. The van der Waals surface area contributed by atoms with Gasteiger partial charge < -0.3 is 59.6 Å². The monoisotopic (exact) mass is 650 g/mol. The van der Waals surface area contributed by atoms with Gasteiger partial charge in [-0.2, -0.15) is 0 Å². The molecule has 45 heavy (non-hydrogen) atoms. The number of benzene rings is 1. The van der Waals surface area contributed by atoms with E-state index in [1.54, 1.807) is 25.1 Å². The van der Waals surface area contributed by atoms with Crippen LogP contribution in [0.4, 0.5) is 0 Å². The number of ether oxygens (including phenoxy) is 5. The fraction of sp³-hybridized carbons (Fsp3) is 0.467. The number of phenolic OH excluding ortho intramolecular Hbond substituents is 1. The normalized spacial score (nSPS) is 33.5. The average Bonchev–Trinajstić information content (AvgIpc) is 3.62. The molecule has 1 saturated carbocycles. The highest BCUT2D eigenvalue weighted by molar-refractivity contribution is 6.30. The standard InChI is InChI=1S/C30H35ClN2O12/c1-13(7-9-41-18-4-3-8-32-28(18)31)25-23(38)24(39)30(45-25)44-17-6-5-15(11-16(17)34)10-14(2)29(40)33-19-20(35)22(37)27-26(21(19)36)42-12-43-27/h3-8,10-11,19-27,30,34-39H,9,12H2,1-2H3,(H,33,40)/b13-7-,14-10?/t19-,20+,21-,22-,23+,24+,25-,26+,27-,30-/m1/s1. The number of amides is 1. The second-order valence-electron chi connectivity index (χ2n) is 11.0. The molecular formula is C30H35ClN2O12. The number of aromatic nitrogens is 1. The molecule has 244 valence electrons. The highest BCUT2D eigenvalue weighted by Gasteiger charge is 2.53. The van der Waals surface area contributed by atoms with Crippen LogP contribution in [0.15, 0.2) is 53.8 Å². The summed E-state index contributed by atoms with van der Waals surface area (Å²) in [6, 6.07) is 6.37. The Labute approximate surface area is 263 Å². The maximum atomic E-state index is 12.9. The average molecular weight is 651 g/mol.